The molecule has 2 atom stereocenters. The lowest BCUT2D eigenvalue weighted by molar-refractivity contribution is 0.0696. The van der Waals surface area contributed by atoms with E-state index in [1.165, 1.54) is 6.07 Å². The first-order chi connectivity index (χ1) is 8.54. The summed E-state index contributed by atoms with van der Waals surface area (Å²) in [5, 5.41) is 8.84. The first-order valence-corrected chi connectivity index (χ1v) is 6.35. The van der Waals surface area contributed by atoms with Gasteiger partial charge >= 0.3 is 5.97 Å². The van der Waals surface area contributed by atoms with Crippen molar-refractivity contribution in [2.75, 3.05) is 4.90 Å². The zero-order valence-electron chi connectivity index (χ0n) is 10.7. The molecule has 1 N–H and O–H groups in total. The monoisotopic (exact) mass is 251 g/mol. The van der Waals surface area contributed by atoms with Crippen molar-refractivity contribution in [1.82, 2.24) is 0 Å². The minimum atomic E-state index is -1.10. The lowest BCUT2D eigenvalue weighted by Crippen LogP contribution is -2.34. The summed E-state index contributed by atoms with van der Waals surface area (Å²) in [6.07, 6.45) is 3.10. The van der Waals surface area contributed by atoms with Gasteiger partial charge in [-0.3, -0.25) is 0 Å². The maximum Gasteiger partial charge on any atom is 0.335 e. The van der Waals surface area contributed by atoms with Gasteiger partial charge in [0.05, 0.1) is 11.3 Å². The second-order valence-electron chi connectivity index (χ2n) is 4.87. The largest absolute Gasteiger partial charge is 0.478 e. The van der Waals surface area contributed by atoms with Crippen molar-refractivity contribution in [1.29, 1.82) is 0 Å². The van der Waals surface area contributed by atoms with Crippen LogP contribution in [0.5, 0.6) is 0 Å². The molecule has 98 valence electrons. The quantitative estimate of drug-likeness (QED) is 0.896. The molecule has 1 aromatic carbocycles. The van der Waals surface area contributed by atoms with Crippen LogP contribution in [-0.2, 0) is 0 Å². The Bertz CT molecular complexity index is 461. The normalized spacial score (nSPS) is 23.4. The number of rotatable bonds is 3. The number of hydrogen-bond donors (Lipinski definition) is 1. The highest BCUT2D eigenvalue weighted by Crippen LogP contribution is 2.33. The summed E-state index contributed by atoms with van der Waals surface area (Å²) in [6.45, 7) is 4.18. The molecule has 0 radical (unpaired) electrons. The SMILES string of the molecule is CCC1CCC(C)N1c1ccc(C(=O)O)cc1F. The number of aromatic carboxylic acids is 1. The predicted molar refractivity (Wildman–Crippen MR) is 68.6 cm³/mol. The van der Waals surface area contributed by atoms with Crippen molar-refractivity contribution in [3.05, 3.63) is 29.6 Å². The fourth-order valence-electron chi connectivity index (χ4n) is 2.76. The molecule has 1 heterocycles. The summed E-state index contributed by atoms with van der Waals surface area (Å²) in [5.41, 5.74) is 0.521. The van der Waals surface area contributed by atoms with Crippen molar-refractivity contribution in [2.45, 2.75) is 45.2 Å². The molecule has 4 heteroatoms. The van der Waals surface area contributed by atoms with E-state index in [1.807, 2.05) is 0 Å². The Labute approximate surface area is 106 Å². The molecule has 18 heavy (non-hydrogen) atoms. The molecule has 0 spiro atoms. The lowest BCUT2D eigenvalue weighted by Gasteiger charge is -2.30. The van der Waals surface area contributed by atoms with Crippen molar-refractivity contribution < 1.29 is 14.3 Å². The fraction of sp³-hybridized carbons (Fsp3) is 0.500. The van der Waals surface area contributed by atoms with E-state index in [-0.39, 0.29) is 5.56 Å². The number of carboxylic acids is 1. The summed E-state index contributed by atoms with van der Waals surface area (Å²) < 4.78 is 14.0. The average Bonchev–Trinajstić information content (AvgIpc) is 2.70. The van der Waals surface area contributed by atoms with Crippen LogP contribution in [-0.4, -0.2) is 23.2 Å². The Morgan fingerprint density at radius 1 is 1.50 bits per heavy atom. The highest BCUT2D eigenvalue weighted by atomic mass is 19.1. The third-order valence-corrected chi connectivity index (χ3v) is 3.73. The fourth-order valence-corrected chi connectivity index (χ4v) is 2.76. The Morgan fingerprint density at radius 2 is 2.22 bits per heavy atom. The van der Waals surface area contributed by atoms with Crippen LogP contribution in [0.4, 0.5) is 10.1 Å². The Balaban J connectivity index is 2.35. The molecule has 0 bridgehead atoms. The number of nitrogens with zero attached hydrogens (tertiary/aromatic N) is 1. The molecular weight excluding hydrogens is 233 g/mol. The molecule has 0 amide bonds. The van der Waals surface area contributed by atoms with Crippen LogP contribution >= 0.6 is 0 Å². The first-order valence-electron chi connectivity index (χ1n) is 6.35. The predicted octanol–water partition coefficient (Wildman–Crippen LogP) is 3.29. The maximum absolute atomic E-state index is 14.0. The van der Waals surface area contributed by atoms with E-state index in [0.717, 1.165) is 25.3 Å². The molecule has 1 aromatic rings. The summed E-state index contributed by atoms with van der Waals surface area (Å²) in [6, 6.07) is 4.82. The highest BCUT2D eigenvalue weighted by Gasteiger charge is 2.31. The van der Waals surface area contributed by atoms with E-state index in [0.29, 0.717) is 17.8 Å². The van der Waals surface area contributed by atoms with Crippen LogP contribution in [0, 0.1) is 5.82 Å². The van der Waals surface area contributed by atoms with Gasteiger partial charge in [0.25, 0.3) is 0 Å². The Morgan fingerprint density at radius 3 is 2.78 bits per heavy atom. The summed E-state index contributed by atoms with van der Waals surface area (Å²) in [5.74, 6) is -1.54. The van der Waals surface area contributed by atoms with Crippen molar-refractivity contribution in [3.8, 4) is 0 Å². The number of benzene rings is 1. The van der Waals surface area contributed by atoms with Gasteiger partial charge < -0.3 is 10.0 Å². The van der Waals surface area contributed by atoms with E-state index in [4.69, 9.17) is 5.11 Å². The lowest BCUT2D eigenvalue weighted by atomic mass is 10.1. The summed E-state index contributed by atoms with van der Waals surface area (Å²) in [4.78, 5) is 12.9. The maximum atomic E-state index is 14.0. The van der Waals surface area contributed by atoms with E-state index in [2.05, 4.69) is 18.7 Å². The smallest absolute Gasteiger partial charge is 0.335 e. The van der Waals surface area contributed by atoms with Gasteiger partial charge in [-0.05, 0) is 44.4 Å². The summed E-state index contributed by atoms with van der Waals surface area (Å²) in [7, 11) is 0. The molecular formula is C14H18FNO2. The van der Waals surface area contributed by atoms with Gasteiger partial charge in [-0.1, -0.05) is 6.92 Å². The third-order valence-electron chi connectivity index (χ3n) is 3.73. The minimum absolute atomic E-state index is 0.00357. The average molecular weight is 251 g/mol. The number of anilines is 1. The van der Waals surface area contributed by atoms with E-state index < -0.39 is 11.8 Å². The van der Waals surface area contributed by atoms with E-state index in [1.54, 1.807) is 6.07 Å². The zero-order chi connectivity index (χ0) is 13.3. The van der Waals surface area contributed by atoms with Gasteiger partial charge in [-0.25, -0.2) is 9.18 Å². The van der Waals surface area contributed by atoms with Crippen LogP contribution in [0.1, 0.15) is 43.5 Å². The van der Waals surface area contributed by atoms with E-state index >= 15 is 0 Å². The standard InChI is InChI=1S/C14H18FNO2/c1-3-11-6-4-9(2)16(11)13-7-5-10(14(17)18)8-12(13)15/h5,7-9,11H,3-4,6H2,1-2H3,(H,17,18). The molecule has 1 aliphatic heterocycles. The zero-order valence-corrected chi connectivity index (χ0v) is 10.7. The highest BCUT2D eigenvalue weighted by molar-refractivity contribution is 5.88. The van der Waals surface area contributed by atoms with Gasteiger partial charge in [0.2, 0.25) is 0 Å². The molecule has 0 aliphatic carbocycles. The first kappa shape index (κ1) is 12.9. The van der Waals surface area contributed by atoms with Crippen molar-refractivity contribution in [3.63, 3.8) is 0 Å². The minimum Gasteiger partial charge on any atom is -0.478 e. The molecule has 0 saturated carbocycles. The van der Waals surface area contributed by atoms with Crippen LogP contribution in [0.2, 0.25) is 0 Å². The number of carbonyl (C=O) groups is 1. The van der Waals surface area contributed by atoms with Crippen LogP contribution < -0.4 is 4.90 Å². The Hall–Kier alpha value is -1.58. The second kappa shape index (κ2) is 4.96. The van der Waals surface area contributed by atoms with Crippen molar-refractivity contribution >= 4 is 11.7 Å². The molecule has 1 aliphatic rings. The molecule has 2 unspecified atom stereocenters. The molecule has 0 aromatic heterocycles. The van der Waals surface area contributed by atoms with Gasteiger partial charge in [-0.2, -0.15) is 0 Å². The Kier molecular flexibility index (Phi) is 3.55. The summed E-state index contributed by atoms with van der Waals surface area (Å²) >= 11 is 0. The van der Waals surface area contributed by atoms with Gasteiger partial charge in [-0.15, -0.1) is 0 Å². The van der Waals surface area contributed by atoms with Crippen LogP contribution in [0.25, 0.3) is 0 Å². The van der Waals surface area contributed by atoms with Gasteiger partial charge in [0, 0.05) is 12.1 Å². The molecule has 3 nitrogen and oxygen atoms in total. The topological polar surface area (TPSA) is 40.5 Å². The van der Waals surface area contributed by atoms with Crippen molar-refractivity contribution in [2.24, 2.45) is 0 Å². The molecule has 2 rings (SSSR count). The third kappa shape index (κ3) is 2.19. The van der Waals surface area contributed by atoms with Gasteiger partial charge in [0.15, 0.2) is 0 Å². The number of carboxylic acid groups (broad SMARTS) is 1. The molecule has 1 fully saturated rings. The van der Waals surface area contributed by atoms with Crippen LogP contribution in [0.15, 0.2) is 18.2 Å². The molecule has 1 saturated heterocycles. The van der Waals surface area contributed by atoms with E-state index in [9.17, 15) is 9.18 Å². The number of hydrogen-bond acceptors (Lipinski definition) is 2. The number of halogens is 1. The second-order valence-corrected chi connectivity index (χ2v) is 4.87. The van der Waals surface area contributed by atoms with Crippen LogP contribution in [0.3, 0.4) is 0 Å². The van der Waals surface area contributed by atoms with Gasteiger partial charge in [0.1, 0.15) is 5.82 Å².